The molecule has 0 saturated carbocycles. The van der Waals surface area contributed by atoms with Crippen molar-refractivity contribution in [3.05, 3.63) is 283 Å². The van der Waals surface area contributed by atoms with Crippen molar-refractivity contribution in [2.45, 2.75) is 0 Å². The van der Waals surface area contributed by atoms with E-state index in [-0.39, 0.29) is 0 Å². The monoisotopic (exact) mass is 1080 g/mol. The number of carbonyl (C=O) groups is 4. The molecule has 0 aromatic heterocycles. The Morgan fingerprint density at radius 3 is 0.558 bits per heavy atom. The molecule has 77 heavy (non-hydrogen) atoms. The van der Waals surface area contributed by atoms with Crippen LogP contribution in [0.3, 0.4) is 0 Å². The largest absolute Gasteiger partial charge is 0.631 e. The first-order valence-electron chi connectivity index (χ1n) is 23.4. The van der Waals surface area contributed by atoms with Crippen molar-refractivity contribution < 1.29 is 54.7 Å². The zero-order chi connectivity index (χ0) is 56.0. The predicted octanol–water partition coefficient (Wildman–Crippen LogP) is 11.7. The summed E-state index contributed by atoms with van der Waals surface area (Å²) in [6.07, 6.45) is 0. The minimum atomic E-state index is -2.17. The van der Waals surface area contributed by atoms with Crippen molar-refractivity contribution in [1.29, 1.82) is 0 Å². The fourth-order valence-corrected chi connectivity index (χ4v) is 7.67. The minimum Gasteiger partial charge on any atom is -0.478 e. The third kappa shape index (κ3) is 21.8. The number of rotatable bonds is 4. The third-order valence-corrected chi connectivity index (χ3v) is 11.6. The van der Waals surface area contributed by atoms with Crippen molar-refractivity contribution in [3.63, 3.8) is 0 Å². The van der Waals surface area contributed by atoms with E-state index in [1.54, 1.807) is 48.5 Å². The zero-order valence-electron chi connectivity index (χ0n) is 41.4. The summed E-state index contributed by atoms with van der Waals surface area (Å²) in [5.74, 6) is -3.51. The van der Waals surface area contributed by atoms with Crippen molar-refractivity contribution in [1.82, 2.24) is 0 Å². The van der Waals surface area contributed by atoms with Gasteiger partial charge in [0.25, 0.3) is 0 Å². The fraction of sp³-hybridized carbons (Fsp3) is 0. The van der Waals surface area contributed by atoms with Crippen molar-refractivity contribution in [2.75, 3.05) is 0 Å². The SMILES string of the molecule is O=C(O)c1cccc2ccccc12.O=C(O)c1cccc2ccccc12.O=C(O)c1cccc2ccccc12.O=C(O)c1cccc2ccccc12.OB(O)O.Pc1ccccc1.Pc1ccccc1.Pc1ccccc1. The standard InChI is InChI=1S/4C11H8O2.3C6H7P.BH3O3/c4*12-11(13)10-7-3-5-8-4-1-2-6-9(8)10;3*7-6-4-2-1-3-5-6;2-1(3)4/h4*1-7H,(H,12,13);3*1-5H,7H2;2-4H. The third-order valence-electron chi connectivity index (χ3n) is 10.5. The van der Waals surface area contributed by atoms with E-state index in [1.165, 1.54) is 15.9 Å². The van der Waals surface area contributed by atoms with Crippen LogP contribution >= 0.6 is 27.7 Å². The summed E-state index contributed by atoms with van der Waals surface area (Å²) >= 11 is 0. The van der Waals surface area contributed by atoms with Gasteiger partial charge in [0.2, 0.25) is 0 Å². The van der Waals surface area contributed by atoms with E-state index in [9.17, 15) is 19.2 Å². The van der Waals surface area contributed by atoms with Gasteiger partial charge in [0.1, 0.15) is 0 Å². The van der Waals surface area contributed by atoms with Crippen LogP contribution in [0.1, 0.15) is 41.4 Å². The van der Waals surface area contributed by atoms with Gasteiger partial charge in [-0.25, -0.2) is 19.2 Å². The Morgan fingerprint density at radius 1 is 0.247 bits per heavy atom. The van der Waals surface area contributed by atoms with E-state index >= 15 is 0 Å². The van der Waals surface area contributed by atoms with Gasteiger partial charge >= 0.3 is 31.2 Å². The maximum absolute atomic E-state index is 10.8. The molecule has 11 nitrogen and oxygen atoms in total. The van der Waals surface area contributed by atoms with Crippen LogP contribution in [-0.2, 0) is 0 Å². The minimum absolute atomic E-state index is 0.359. The molecule has 7 N–H and O–H groups in total. The lowest BCUT2D eigenvalue weighted by molar-refractivity contribution is 0.0688. The normalized spacial score (nSPS) is 9.58. The molecule has 3 atom stereocenters. The highest BCUT2D eigenvalue weighted by molar-refractivity contribution is 7.27. The summed E-state index contributed by atoms with van der Waals surface area (Å²) in [6.45, 7) is 0. The second kappa shape index (κ2) is 33.5. The number of carboxylic acids is 4. The molecule has 0 aliphatic carbocycles. The van der Waals surface area contributed by atoms with Crippen LogP contribution in [0.5, 0.6) is 0 Å². The Labute approximate surface area is 453 Å². The van der Waals surface area contributed by atoms with Crippen LogP contribution in [0.15, 0.2) is 261 Å². The maximum Gasteiger partial charge on any atom is 0.631 e. The first-order valence-corrected chi connectivity index (χ1v) is 25.1. The quantitative estimate of drug-likeness (QED) is 0.0651. The predicted molar refractivity (Wildman–Crippen MR) is 323 cm³/mol. The molecule has 11 aromatic rings. The van der Waals surface area contributed by atoms with Gasteiger partial charge in [-0.2, -0.15) is 0 Å². The molecule has 15 heteroatoms. The molecule has 0 bridgehead atoms. The van der Waals surface area contributed by atoms with Gasteiger partial charge in [-0.15, -0.1) is 27.7 Å². The average molecular weight is 1080 g/mol. The Balaban J connectivity index is 0.000000195. The molecule has 388 valence electrons. The number of carboxylic acid groups (broad SMARTS) is 4. The van der Waals surface area contributed by atoms with Crippen LogP contribution in [0, 0.1) is 0 Å². The lowest BCUT2D eigenvalue weighted by atomic mass is 10.1. The van der Waals surface area contributed by atoms with E-state index < -0.39 is 31.2 Å². The average Bonchev–Trinajstić information content (AvgIpc) is 3.44. The van der Waals surface area contributed by atoms with Crippen molar-refractivity contribution in [2.24, 2.45) is 0 Å². The molecule has 0 fully saturated rings. The Kier molecular flexibility index (Phi) is 26.6. The smallest absolute Gasteiger partial charge is 0.478 e. The van der Waals surface area contributed by atoms with Crippen LogP contribution in [0.2, 0.25) is 0 Å². The summed E-state index contributed by atoms with van der Waals surface area (Å²) in [4.78, 5) is 43.3. The molecule has 11 aromatic carbocycles. The molecule has 11 rings (SSSR count). The summed E-state index contributed by atoms with van der Waals surface area (Å²) in [7, 11) is 5.72. The molecule has 0 aliphatic rings. The zero-order valence-corrected chi connectivity index (χ0v) is 44.9. The summed E-state index contributed by atoms with van der Waals surface area (Å²) < 4.78 is 0. The highest BCUT2D eigenvalue weighted by Crippen LogP contribution is 2.21. The van der Waals surface area contributed by atoms with Crippen LogP contribution in [-0.4, -0.2) is 66.7 Å². The summed E-state index contributed by atoms with van der Waals surface area (Å²) in [5, 5.41) is 67.7. The topological polar surface area (TPSA) is 210 Å². The molecule has 0 heterocycles. The molecule has 3 unspecified atom stereocenters. The van der Waals surface area contributed by atoms with Crippen LogP contribution in [0.25, 0.3) is 43.1 Å². The summed E-state index contributed by atoms with van der Waals surface area (Å²) in [6, 6.07) is 81.3. The first-order chi connectivity index (χ1) is 37.1. The van der Waals surface area contributed by atoms with Gasteiger partial charge < -0.3 is 35.5 Å². The second-order valence-electron chi connectivity index (χ2n) is 15.9. The lowest BCUT2D eigenvalue weighted by Gasteiger charge is -2.00. The number of aromatic carboxylic acids is 4. The van der Waals surface area contributed by atoms with E-state index in [0.29, 0.717) is 22.3 Å². The second-order valence-corrected chi connectivity index (χ2v) is 17.9. The van der Waals surface area contributed by atoms with Gasteiger partial charge in [0.05, 0.1) is 22.3 Å². The van der Waals surface area contributed by atoms with Gasteiger partial charge in [0.15, 0.2) is 0 Å². The highest BCUT2D eigenvalue weighted by atomic mass is 31.0. The first kappa shape index (κ1) is 61.1. The van der Waals surface area contributed by atoms with Gasteiger partial charge in [-0.3, -0.25) is 0 Å². The molecule has 0 aliphatic heterocycles. The number of benzene rings is 11. The highest BCUT2D eigenvalue weighted by Gasteiger charge is 2.09. The number of hydrogen-bond donors (Lipinski definition) is 7. The molecular weight excluding hydrogens is 1020 g/mol. The van der Waals surface area contributed by atoms with Gasteiger partial charge in [-0.1, -0.05) is 237 Å². The lowest BCUT2D eigenvalue weighted by Crippen LogP contribution is -2.07. The van der Waals surface area contributed by atoms with Gasteiger partial charge in [0, 0.05) is 0 Å². The maximum atomic E-state index is 10.8. The van der Waals surface area contributed by atoms with E-state index in [2.05, 4.69) is 27.7 Å². The Hall–Kier alpha value is -8.43. The van der Waals surface area contributed by atoms with Gasteiger partial charge in [-0.05, 0) is 83.3 Å². The Bertz CT molecular complexity index is 3120. The number of hydrogen-bond acceptors (Lipinski definition) is 7. The Morgan fingerprint density at radius 2 is 0.403 bits per heavy atom. The molecular formula is C62H56BO11P3. The van der Waals surface area contributed by atoms with E-state index in [4.69, 9.17) is 35.5 Å². The summed E-state index contributed by atoms with van der Waals surface area (Å²) in [5.41, 5.74) is 1.44. The molecule has 0 amide bonds. The molecule has 0 saturated heterocycles. The van der Waals surface area contributed by atoms with E-state index in [0.717, 1.165) is 43.1 Å². The fourth-order valence-electron chi connectivity index (χ4n) is 7.01. The van der Waals surface area contributed by atoms with Crippen molar-refractivity contribution in [3.8, 4) is 0 Å². The number of fused-ring (bicyclic) bond motifs is 4. The molecule has 0 radical (unpaired) electrons. The van der Waals surface area contributed by atoms with E-state index in [1.807, 2.05) is 212 Å². The van der Waals surface area contributed by atoms with Crippen LogP contribution in [0.4, 0.5) is 0 Å². The van der Waals surface area contributed by atoms with Crippen molar-refractivity contribution >= 4 is 118 Å². The van der Waals surface area contributed by atoms with Crippen LogP contribution < -0.4 is 15.9 Å². The molecule has 0 spiro atoms.